The van der Waals surface area contributed by atoms with Crippen LogP contribution in [0.1, 0.15) is 0 Å². The highest BCUT2D eigenvalue weighted by atomic mass is 31.2. The maximum atomic E-state index is 12.7. The third-order valence-electron chi connectivity index (χ3n) is 2.95. The molecule has 1 aromatic carbocycles. The second-order valence-electron chi connectivity index (χ2n) is 5.17. The molecule has 1 rings (SSSR count). The van der Waals surface area contributed by atoms with Crippen molar-refractivity contribution in [3.05, 3.63) is 35.8 Å². The van der Waals surface area contributed by atoms with Crippen LogP contribution in [-0.4, -0.2) is 45.8 Å². The van der Waals surface area contributed by atoms with E-state index < -0.39 is 44.4 Å². The maximum Gasteiger partial charge on any atom is 0.412 e. The summed E-state index contributed by atoms with van der Waals surface area (Å²) in [6.45, 7) is -4.45. The van der Waals surface area contributed by atoms with Gasteiger partial charge in [0.1, 0.15) is 5.75 Å². The summed E-state index contributed by atoms with van der Waals surface area (Å²) in [7, 11) is -3.22. The smallest absolute Gasteiger partial charge is 0.412 e. The van der Waals surface area contributed by atoms with E-state index in [1.165, 1.54) is 31.4 Å². The molecule has 0 heterocycles. The molecule has 0 fully saturated rings. The van der Waals surface area contributed by atoms with Gasteiger partial charge in [-0.05, 0) is 24.3 Å². The van der Waals surface area contributed by atoms with Gasteiger partial charge in [0.05, 0.1) is 14.2 Å². The molecule has 14 heteroatoms. The fourth-order valence-corrected chi connectivity index (χ4v) is 3.21. The number of ether oxygens (including phenoxy) is 2. The number of esters is 1. The quantitative estimate of drug-likeness (QED) is 0.257. The predicted octanol–water partition coefficient (Wildman–Crippen LogP) is 4.47. The zero-order chi connectivity index (χ0) is 22.3. The molecule has 0 aliphatic heterocycles. The summed E-state index contributed by atoms with van der Waals surface area (Å²) >= 11 is 0. The third kappa shape index (κ3) is 8.75. The minimum atomic E-state index is -5.39. The summed E-state index contributed by atoms with van der Waals surface area (Å²) in [5, 5.41) is 1.21. The second-order valence-corrected chi connectivity index (χ2v) is 7.16. The van der Waals surface area contributed by atoms with E-state index in [4.69, 9.17) is 4.74 Å². The molecule has 0 aliphatic rings. The standard InChI is InChI=1S/C15H16F6NO6P/c1-25-11-5-3-10(4-6-11)22-7-12(13(23)26-2)29(24,27-8-14(16,17)18)28-9-15(19,20)21/h3-7,22H,8-9H2,1-2H3/b12-7+. The van der Waals surface area contributed by atoms with Crippen LogP contribution >= 0.6 is 7.60 Å². The van der Waals surface area contributed by atoms with Crippen molar-refractivity contribution in [3.63, 3.8) is 0 Å². The summed E-state index contributed by atoms with van der Waals surface area (Å²) in [4.78, 5) is 11.9. The number of halogens is 6. The van der Waals surface area contributed by atoms with Gasteiger partial charge in [0.2, 0.25) is 0 Å². The average Bonchev–Trinajstić information content (AvgIpc) is 2.64. The number of rotatable bonds is 9. The maximum absolute atomic E-state index is 12.7. The Morgan fingerprint density at radius 1 is 1.00 bits per heavy atom. The number of hydrogen-bond donors (Lipinski definition) is 1. The number of anilines is 1. The Kier molecular flexibility index (Phi) is 8.54. The molecule has 0 radical (unpaired) electrons. The molecule has 0 aromatic heterocycles. The molecule has 1 N–H and O–H groups in total. The average molecular weight is 451 g/mol. The molecule has 0 atom stereocenters. The van der Waals surface area contributed by atoms with Crippen molar-refractivity contribution in [3.8, 4) is 5.75 Å². The first-order valence-corrected chi connectivity index (χ1v) is 9.06. The number of alkyl halides is 6. The minimum absolute atomic E-state index is 0.227. The minimum Gasteiger partial charge on any atom is -0.497 e. The van der Waals surface area contributed by atoms with Gasteiger partial charge in [-0.15, -0.1) is 0 Å². The van der Waals surface area contributed by atoms with Gasteiger partial charge in [0.15, 0.2) is 18.5 Å². The van der Waals surface area contributed by atoms with Gasteiger partial charge in [0, 0.05) is 11.9 Å². The van der Waals surface area contributed by atoms with E-state index in [1.54, 1.807) is 0 Å². The van der Waals surface area contributed by atoms with Gasteiger partial charge < -0.3 is 14.8 Å². The van der Waals surface area contributed by atoms with Crippen molar-refractivity contribution in [1.29, 1.82) is 0 Å². The summed E-state index contributed by atoms with van der Waals surface area (Å²) in [6.07, 6.45) is -9.52. The Hall–Kier alpha value is -2.24. The van der Waals surface area contributed by atoms with E-state index in [2.05, 4.69) is 19.1 Å². The van der Waals surface area contributed by atoms with Crippen LogP contribution in [0.15, 0.2) is 35.8 Å². The summed E-state index contributed by atoms with van der Waals surface area (Å²) < 4.78 is 105. The Bertz CT molecular complexity index is 740. The van der Waals surface area contributed by atoms with Gasteiger partial charge in [0.25, 0.3) is 0 Å². The molecular weight excluding hydrogens is 435 g/mol. The third-order valence-corrected chi connectivity index (χ3v) is 4.79. The predicted molar refractivity (Wildman–Crippen MR) is 88.3 cm³/mol. The SMILES string of the molecule is COC(=O)/C(=C\Nc1ccc(OC)cc1)P(=O)(OCC(F)(F)F)OCC(F)(F)F. The fourth-order valence-electron chi connectivity index (χ4n) is 1.69. The number of nitrogens with one attached hydrogen (secondary N) is 1. The molecule has 0 aliphatic carbocycles. The van der Waals surface area contributed by atoms with Gasteiger partial charge in [-0.2, -0.15) is 26.3 Å². The first-order valence-electron chi connectivity index (χ1n) is 7.52. The molecule has 1 aromatic rings. The van der Waals surface area contributed by atoms with Crippen LogP contribution in [0.4, 0.5) is 32.0 Å². The zero-order valence-electron chi connectivity index (χ0n) is 15.0. The highest BCUT2D eigenvalue weighted by molar-refractivity contribution is 7.59. The topological polar surface area (TPSA) is 83.1 Å². The van der Waals surface area contributed by atoms with E-state index in [0.29, 0.717) is 11.9 Å². The molecule has 164 valence electrons. The molecule has 0 saturated carbocycles. The first-order chi connectivity index (χ1) is 13.3. The van der Waals surface area contributed by atoms with Crippen LogP contribution in [0, 0.1) is 0 Å². The van der Waals surface area contributed by atoms with Crippen LogP contribution in [0.25, 0.3) is 0 Å². The summed E-state index contributed by atoms with van der Waals surface area (Å²) in [6, 6.07) is 5.74. The van der Waals surface area contributed by atoms with E-state index >= 15 is 0 Å². The number of carbonyl (C=O) groups is 1. The normalized spacial score (nSPS) is 13.2. The number of hydrogen-bond acceptors (Lipinski definition) is 7. The Morgan fingerprint density at radius 2 is 1.48 bits per heavy atom. The lowest BCUT2D eigenvalue weighted by atomic mass is 10.3. The van der Waals surface area contributed by atoms with Crippen LogP contribution in [0.2, 0.25) is 0 Å². The molecular formula is C15H16F6NO6P. The Labute approximate surface area is 161 Å². The van der Waals surface area contributed by atoms with Crippen LogP contribution < -0.4 is 10.1 Å². The lowest BCUT2D eigenvalue weighted by Crippen LogP contribution is -2.22. The number of benzene rings is 1. The van der Waals surface area contributed by atoms with Gasteiger partial charge in [-0.1, -0.05) is 0 Å². The van der Waals surface area contributed by atoms with Gasteiger partial charge in [-0.25, -0.2) is 4.79 Å². The molecule has 29 heavy (non-hydrogen) atoms. The summed E-state index contributed by atoms with van der Waals surface area (Å²) in [5.74, 6) is -1.07. The lowest BCUT2D eigenvalue weighted by molar-refractivity contribution is -0.165. The van der Waals surface area contributed by atoms with Gasteiger partial charge >= 0.3 is 25.9 Å². The van der Waals surface area contributed by atoms with Crippen molar-refractivity contribution in [2.75, 3.05) is 32.8 Å². The van der Waals surface area contributed by atoms with Crippen LogP contribution in [-0.2, 0) is 23.1 Å². The highest BCUT2D eigenvalue weighted by Gasteiger charge is 2.43. The Morgan fingerprint density at radius 3 is 1.86 bits per heavy atom. The molecule has 0 spiro atoms. The number of carbonyl (C=O) groups excluding carboxylic acids is 1. The largest absolute Gasteiger partial charge is 0.497 e. The molecule has 0 unspecified atom stereocenters. The molecule has 0 bridgehead atoms. The van der Waals surface area contributed by atoms with Crippen molar-refractivity contribution >= 4 is 19.3 Å². The molecule has 0 saturated heterocycles. The number of methoxy groups -OCH3 is 2. The first kappa shape index (κ1) is 24.8. The van der Waals surface area contributed by atoms with Crippen LogP contribution in [0.5, 0.6) is 5.75 Å². The zero-order valence-corrected chi connectivity index (χ0v) is 15.9. The van der Waals surface area contributed by atoms with Crippen LogP contribution in [0.3, 0.4) is 0 Å². The van der Waals surface area contributed by atoms with Crippen molar-refractivity contribution in [2.24, 2.45) is 0 Å². The van der Waals surface area contributed by atoms with E-state index in [-0.39, 0.29) is 5.69 Å². The highest BCUT2D eigenvalue weighted by Crippen LogP contribution is 2.57. The molecule has 0 amide bonds. The van der Waals surface area contributed by atoms with Gasteiger partial charge in [-0.3, -0.25) is 13.6 Å². The van der Waals surface area contributed by atoms with E-state index in [0.717, 1.165) is 7.11 Å². The fraction of sp³-hybridized carbons (Fsp3) is 0.400. The Balaban J connectivity index is 3.23. The monoisotopic (exact) mass is 451 g/mol. The van der Waals surface area contributed by atoms with E-state index in [1.807, 2.05) is 0 Å². The van der Waals surface area contributed by atoms with Crippen molar-refractivity contribution in [2.45, 2.75) is 12.4 Å². The van der Waals surface area contributed by atoms with Crippen molar-refractivity contribution in [1.82, 2.24) is 0 Å². The molecule has 7 nitrogen and oxygen atoms in total. The summed E-state index contributed by atoms with van der Waals surface area (Å²) in [5.41, 5.74) is 0.227. The van der Waals surface area contributed by atoms with Crippen molar-refractivity contribution < 1.29 is 54.2 Å². The van der Waals surface area contributed by atoms with E-state index in [9.17, 15) is 35.7 Å². The lowest BCUT2D eigenvalue weighted by Gasteiger charge is -2.21. The second kappa shape index (κ2) is 9.99.